The number of carboxylic acids is 1. The molecular formula is C16H14N2O5S. The molecule has 0 spiro atoms. The summed E-state index contributed by atoms with van der Waals surface area (Å²) in [5, 5.41) is 15.3. The number of aromatic carboxylic acids is 1. The van der Waals surface area contributed by atoms with E-state index in [1.165, 1.54) is 12.1 Å². The minimum atomic E-state index is -3.79. The molecule has 3 aromatic rings. The minimum Gasteiger partial charge on any atom is -0.478 e. The first-order valence-corrected chi connectivity index (χ1v) is 8.44. The largest absolute Gasteiger partial charge is 0.478 e. The van der Waals surface area contributed by atoms with Crippen molar-refractivity contribution in [3.05, 3.63) is 53.1 Å². The summed E-state index contributed by atoms with van der Waals surface area (Å²) in [4.78, 5) is 14.7. The van der Waals surface area contributed by atoms with Crippen LogP contribution < -0.4 is 5.14 Å². The van der Waals surface area contributed by atoms with Gasteiger partial charge in [0, 0.05) is 22.9 Å². The van der Waals surface area contributed by atoms with Crippen molar-refractivity contribution in [2.24, 2.45) is 5.14 Å². The third-order valence-corrected chi connectivity index (χ3v) is 5.15. The van der Waals surface area contributed by atoms with E-state index in [4.69, 9.17) is 5.14 Å². The molecule has 1 heterocycles. The number of benzene rings is 2. The molecule has 0 atom stereocenters. The van der Waals surface area contributed by atoms with Crippen LogP contribution in [0.25, 0.3) is 22.2 Å². The third-order valence-electron chi connectivity index (χ3n) is 4.24. The summed E-state index contributed by atoms with van der Waals surface area (Å²) in [6, 6.07) is 9.81. The molecule has 2 aromatic carbocycles. The molecule has 0 saturated carbocycles. The van der Waals surface area contributed by atoms with Crippen LogP contribution >= 0.6 is 0 Å². The molecule has 1 aromatic heterocycles. The zero-order valence-corrected chi connectivity index (χ0v) is 13.1. The average Bonchev–Trinajstić information content (AvgIpc) is 3.01. The summed E-state index contributed by atoms with van der Waals surface area (Å²) in [5.74, 6) is -0.971. The lowest BCUT2D eigenvalue weighted by Crippen LogP contribution is -2.11. The van der Waals surface area contributed by atoms with Crippen molar-refractivity contribution in [3.63, 3.8) is 0 Å². The number of rotatable bonds is 2. The maximum atomic E-state index is 11.6. The zero-order chi connectivity index (χ0) is 16.4. The average molecular weight is 346 g/mol. The second-order valence-electron chi connectivity index (χ2n) is 5.54. The van der Waals surface area contributed by atoms with Crippen LogP contribution in [0.5, 0.6) is 0 Å². The van der Waals surface area contributed by atoms with Crippen molar-refractivity contribution >= 4 is 26.9 Å². The molecule has 7 nitrogen and oxygen atoms in total. The van der Waals surface area contributed by atoms with Crippen LogP contribution in [0, 0.1) is 0 Å². The summed E-state index contributed by atoms with van der Waals surface area (Å²) >= 11 is 0. The van der Waals surface area contributed by atoms with E-state index in [1.54, 1.807) is 18.2 Å². The Morgan fingerprint density at radius 1 is 1.17 bits per heavy atom. The van der Waals surface area contributed by atoms with Gasteiger partial charge in [0.1, 0.15) is 0 Å². The Bertz CT molecular complexity index is 1100. The topological polar surface area (TPSA) is 145 Å². The predicted molar refractivity (Wildman–Crippen MR) is 88.5 cm³/mol. The van der Waals surface area contributed by atoms with Crippen molar-refractivity contribution in [2.75, 3.05) is 0 Å². The smallest absolute Gasteiger partial charge is 0.335 e. The summed E-state index contributed by atoms with van der Waals surface area (Å²) in [6.07, 6.45) is 0.446. The lowest BCUT2D eigenvalue weighted by molar-refractivity contribution is 0.0696. The molecule has 0 bridgehead atoms. The van der Waals surface area contributed by atoms with E-state index < -0.39 is 16.0 Å². The van der Waals surface area contributed by atoms with Crippen molar-refractivity contribution < 1.29 is 23.8 Å². The second kappa shape index (κ2) is 5.17. The van der Waals surface area contributed by atoms with E-state index in [2.05, 4.69) is 4.98 Å². The lowest BCUT2D eigenvalue weighted by atomic mass is 10.0. The number of fused-ring (bicyclic) bond motifs is 5. The number of aromatic nitrogens is 1. The van der Waals surface area contributed by atoms with Gasteiger partial charge in [-0.25, -0.2) is 18.4 Å². The Morgan fingerprint density at radius 3 is 2.58 bits per heavy atom. The number of nitrogens with two attached hydrogens (primary N) is 1. The predicted octanol–water partition coefficient (Wildman–Crippen LogP) is 1.26. The Hall–Kier alpha value is -2.68. The molecule has 8 heteroatoms. The van der Waals surface area contributed by atoms with E-state index in [0.29, 0.717) is 6.42 Å². The molecule has 24 heavy (non-hydrogen) atoms. The molecular weight excluding hydrogens is 332 g/mol. The molecule has 1 aliphatic carbocycles. The van der Waals surface area contributed by atoms with Gasteiger partial charge >= 0.3 is 5.97 Å². The van der Waals surface area contributed by atoms with Gasteiger partial charge in [-0.15, -0.1) is 0 Å². The van der Waals surface area contributed by atoms with Crippen LogP contribution in [0.3, 0.4) is 0 Å². The fourth-order valence-electron chi connectivity index (χ4n) is 3.21. The van der Waals surface area contributed by atoms with Gasteiger partial charge in [-0.2, -0.15) is 0 Å². The van der Waals surface area contributed by atoms with Crippen LogP contribution in [0.4, 0.5) is 0 Å². The van der Waals surface area contributed by atoms with E-state index in [9.17, 15) is 18.3 Å². The first-order chi connectivity index (χ1) is 10.9. The number of primary sulfonamides is 1. The number of carbonyl (C=O) groups is 1. The highest BCUT2D eigenvalue weighted by Crippen LogP contribution is 2.42. The SMILES string of the molecule is NS(=O)(=O)c1ccc2[nH]c3c(c2c1)Cc1c(C(=O)O)cccc1-3.O. The van der Waals surface area contributed by atoms with Crippen molar-refractivity contribution in [1.82, 2.24) is 4.98 Å². The monoisotopic (exact) mass is 346 g/mol. The molecule has 4 rings (SSSR count). The van der Waals surface area contributed by atoms with Gasteiger partial charge in [0.15, 0.2) is 0 Å². The van der Waals surface area contributed by atoms with Crippen molar-refractivity contribution in [1.29, 1.82) is 0 Å². The van der Waals surface area contributed by atoms with Gasteiger partial charge in [-0.1, -0.05) is 12.1 Å². The van der Waals surface area contributed by atoms with Crippen LogP contribution in [-0.2, 0) is 16.4 Å². The van der Waals surface area contributed by atoms with Crippen LogP contribution in [0.15, 0.2) is 41.3 Å². The Labute approximate surface area is 137 Å². The molecule has 0 amide bonds. The highest BCUT2D eigenvalue weighted by molar-refractivity contribution is 7.89. The van der Waals surface area contributed by atoms with Gasteiger partial charge in [0.2, 0.25) is 10.0 Å². The van der Waals surface area contributed by atoms with E-state index in [1.807, 2.05) is 6.07 Å². The number of carboxylic acid groups (broad SMARTS) is 1. The number of hydrogen-bond donors (Lipinski definition) is 3. The highest BCUT2D eigenvalue weighted by atomic mass is 32.2. The highest BCUT2D eigenvalue weighted by Gasteiger charge is 2.27. The van der Waals surface area contributed by atoms with Crippen molar-refractivity contribution in [2.45, 2.75) is 11.3 Å². The maximum absolute atomic E-state index is 11.6. The molecule has 0 radical (unpaired) electrons. The van der Waals surface area contributed by atoms with E-state index >= 15 is 0 Å². The molecule has 1 aliphatic rings. The number of sulfonamides is 1. The summed E-state index contributed by atoms with van der Waals surface area (Å²) in [5.41, 5.74) is 4.38. The second-order valence-corrected chi connectivity index (χ2v) is 7.11. The molecule has 0 unspecified atom stereocenters. The molecule has 124 valence electrons. The molecule has 0 aliphatic heterocycles. The van der Waals surface area contributed by atoms with Gasteiger partial charge in [-0.05, 0) is 35.4 Å². The van der Waals surface area contributed by atoms with Gasteiger partial charge in [0.05, 0.1) is 16.2 Å². The first kappa shape index (κ1) is 16.2. The fourth-order valence-corrected chi connectivity index (χ4v) is 3.75. The minimum absolute atomic E-state index is 0. The maximum Gasteiger partial charge on any atom is 0.335 e. The number of aromatic amines is 1. The fraction of sp³-hybridized carbons (Fsp3) is 0.0625. The Balaban J connectivity index is 0.00000169. The lowest BCUT2D eigenvalue weighted by Gasteiger charge is -2.04. The Morgan fingerprint density at radius 2 is 1.92 bits per heavy atom. The quantitative estimate of drug-likeness (QED) is 0.501. The number of H-pyrrole nitrogens is 1. The van der Waals surface area contributed by atoms with Crippen LogP contribution in [0.1, 0.15) is 21.5 Å². The first-order valence-electron chi connectivity index (χ1n) is 6.89. The molecule has 0 fully saturated rings. The summed E-state index contributed by atoms with van der Waals surface area (Å²) in [6.45, 7) is 0. The van der Waals surface area contributed by atoms with Gasteiger partial charge in [0.25, 0.3) is 0 Å². The molecule has 6 N–H and O–H groups in total. The van der Waals surface area contributed by atoms with Crippen LogP contribution in [0.2, 0.25) is 0 Å². The van der Waals surface area contributed by atoms with Gasteiger partial charge < -0.3 is 15.6 Å². The zero-order valence-electron chi connectivity index (χ0n) is 12.3. The molecule has 0 saturated heterocycles. The number of nitrogens with one attached hydrogen (secondary N) is 1. The van der Waals surface area contributed by atoms with Gasteiger partial charge in [-0.3, -0.25) is 0 Å². The third kappa shape index (κ3) is 2.20. The summed E-state index contributed by atoms with van der Waals surface area (Å²) in [7, 11) is -3.79. The van der Waals surface area contributed by atoms with E-state index in [0.717, 1.165) is 33.3 Å². The summed E-state index contributed by atoms with van der Waals surface area (Å²) < 4.78 is 23.1. The number of hydrogen-bond acceptors (Lipinski definition) is 3. The van der Waals surface area contributed by atoms with Crippen LogP contribution in [-0.4, -0.2) is 30.0 Å². The Kier molecular flexibility index (Phi) is 3.48. The standard InChI is InChI=1S/C16H12N2O4S.H2O/c17-23(21,22)8-4-5-14-12(6-8)13-7-11-9(15(13)18-14)2-1-3-10(11)16(19)20;/h1-6,18H,7H2,(H,19,20)(H2,17,21,22);1H2. The normalized spacial score (nSPS) is 12.5. The van der Waals surface area contributed by atoms with E-state index in [-0.39, 0.29) is 15.9 Å². The van der Waals surface area contributed by atoms with Crippen molar-refractivity contribution in [3.8, 4) is 11.3 Å².